The Morgan fingerprint density at radius 1 is 1.09 bits per heavy atom. The van der Waals surface area contributed by atoms with Crippen molar-refractivity contribution >= 4 is 11.0 Å². The molecule has 0 N–H and O–H groups in total. The van der Waals surface area contributed by atoms with Gasteiger partial charge in [-0.15, -0.1) is 0 Å². The fourth-order valence-corrected chi connectivity index (χ4v) is 2.74. The molecule has 0 amide bonds. The van der Waals surface area contributed by atoms with E-state index in [0.29, 0.717) is 5.92 Å². The molecule has 0 bridgehead atoms. The van der Waals surface area contributed by atoms with Crippen molar-refractivity contribution in [2.24, 2.45) is 0 Å². The fraction of sp³-hybridized carbons (Fsp3) is 0.350. The van der Waals surface area contributed by atoms with Gasteiger partial charge in [0.25, 0.3) is 0 Å². The lowest BCUT2D eigenvalue weighted by Gasteiger charge is -2.11. The molecule has 0 fully saturated rings. The van der Waals surface area contributed by atoms with Gasteiger partial charge in [-0.1, -0.05) is 38.1 Å². The Labute approximate surface area is 137 Å². The molecule has 0 aliphatic rings. The Hall–Kier alpha value is -2.29. The van der Waals surface area contributed by atoms with Gasteiger partial charge in [0.2, 0.25) is 0 Å². The van der Waals surface area contributed by atoms with Crippen molar-refractivity contribution in [2.45, 2.75) is 39.2 Å². The molecule has 3 rings (SSSR count). The summed E-state index contributed by atoms with van der Waals surface area (Å²) in [6.45, 7) is 6.11. The molecule has 1 heterocycles. The van der Waals surface area contributed by atoms with Crippen molar-refractivity contribution in [3.8, 4) is 5.75 Å². The summed E-state index contributed by atoms with van der Waals surface area (Å²) >= 11 is 0. The average Bonchev–Trinajstić information content (AvgIpc) is 3.02. The first-order valence-electron chi connectivity index (χ1n) is 8.40. The van der Waals surface area contributed by atoms with Crippen molar-refractivity contribution in [1.82, 2.24) is 9.55 Å². The molecule has 1 atom stereocenters. The smallest absolute Gasteiger partial charge is 0.119 e. The monoisotopic (exact) mass is 308 g/mol. The predicted octanol–water partition coefficient (Wildman–Crippen LogP) is 5.02. The van der Waals surface area contributed by atoms with E-state index in [9.17, 15) is 0 Å². The van der Waals surface area contributed by atoms with Gasteiger partial charge < -0.3 is 9.30 Å². The van der Waals surface area contributed by atoms with Crippen molar-refractivity contribution in [3.63, 3.8) is 0 Å². The van der Waals surface area contributed by atoms with Crippen LogP contribution in [0.3, 0.4) is 0 Å². The molecule has 0 spiro atoms. The highest BCUT2D eigenvalue weighted by Gasteiger charge is 2.03. The summed E-state index contributed by atoms with van der Waals surface area (Å²) in [5.74, 6) is 1.56. The Morgan fingerprint density at radius 2 is 1.87 bits per heavy atom. The standard InChI is InChI=1S/C20H24N2O/c1-3-16(2)17-9-11-18(12-10-17)23-14-6-13-22-15-21-19-7-4-5-8-20(19)22/h4-5,7-12,15-16H,3,6,13-14H2,1-2H3. The van der Waals surface area contributed by atoms with Gasteiger partial charge in [-0.25, -0.2) is 4.98 Å². The molecule has 0 saturated heterocycles. The summed E-state index contributed by atoms with van der Waals surface area (Å²) in [6.07, 6.45) is 4.04. The Balaban J connectivity index is 1.50. The zero-order valence-electron chi connectivity index (χ0n) is 13.9. The number of fused-ring (bicyclic) bond motifs is 1. The molecular weight excluding hydrogens is 284 g/mol. The fourth-order valence-electron chi connectivity index (χ4n) is 2.74. The lowest BCUT2D eigenvalue weighted by Crippen LogP contribution is -2.04. The number of hydrogen-bond donors (Lipinski definition) is 0. The van der Waals surface area contributed by atoms with E-state index in [1.54, 1.807) is 0 Å². The number of para-hydroxylation sites is 2. The predicted molar refractivity (Wildman–Crippen MR) is 95.0 cm³/mol. The van der Waals surface area contributed by atoms with Crippen molar-refractivity contribution < 1.29 is 4.74 Å². The minimum atomic E-state index is 0.610. The summed E-state index contributed by atoms with van der Waals surface area (Å²) in [7, 11) is 0. The highest BCUT2D eigenvalue weighted by Crippen LogP contribution is 2.21. The maximum Gasteiger partial charge on any atom is 0.119 e. The third-order valence-electron chi connectivity index (χ3n) is 4.40. The average molecular weight is 308 g/mol. The minimum Gasteiger partial charge on any atom is -0.494 e. The van der Waals surface area contributed by atoms with Crippen LogP contribution in [0.25, 0.3) is 11.0 Å². The SMILES string of the molecule is CCC(C)c1ccc(OCCCn2cnc3ccccc32)cc1. The van der Waals surface area contributed by atoms with Gasteiger partial charge in [0.15, 0.2) is 0 Å². The van der Waals surface area contributed by atoms with Crippen molar-refractivity contribution in [1.29, 1.82) is 0 Å². The number of benzene rings is 2. The highest BCUT2D eigenvalue weighted by atomic mass is 16.5. The molecule has 3 heteroatoms. The number of aromatic nitrogens is 2. The number of hydrogen-bond acceptors (Lipinski definition) is 2. The van der Waals surface area contributed by atoms with Crippen LogP contribution in [0.2, 0.25) is 0 Å². The summed E-state index contributed by atoms with van der Waals surface area (Å²) in [4.78, 5) is 4.41. The van der Waals surface area contributed by atoms with Gasteiger partial charge in [0.1, 0.15) is 5.75 Å². The molecule has 1 aromatic heterocycles. The van der Waals surface area contributed by atoms with E-state index in [4.69, 9.17) is 4.74 Å². The van der Waals surface area contributed by atoms with Crippen LogP contribution in [0.4, 0.5) is 0 Å². The van der Waals surface area contributed by atoms with E-state index in [-0.39, 0.29) is 0 Å². The van der Waals surface area contributed by atoms with Gasteiger partial charge in [0, 0.05) is 6.54 Å². The molecule has 1 unspecified atom stereocenters. The number of aryl methyl sites for hydroxylation is 1. The van der Waals surface area contributed by atoms with Crippen molar-refractivity contribution in [2.75, 3.05) is 6.61 Å². The molecule has 0 radical (unpaired) electrons. The van der Waals surface area contributed by atoms with Gasteiger partial charge in [-0.2, -0.15) is 0 Å². The van der Waals surface area contributed by atoms with E-state index >= 15 is 0 Å². The lowest BCUT2D eigenvalue weighted by molar-refractivity contribution is 0.302. The van der Waals surface area contributed by atoms with Crippen LogP contribution in [-0.4, -0.2) is 16.2 Å². The Morgan fingerprint density at radius 3 is 2.65 bits per heavy atom. The number of imidazole rings is 1. The molecule has 23 heavy (non-hydrogen) atoms. The molecule has 0 saturated carbocycles. The largest absolute Gasteiger partial charge is 0.494 e. The van der Waals surface area contributed by atoms with E-state index in [0.717, 1.165) is 30.8 Å². The molecule has 3 aromatic rings. The molecule has 3 nitrogen and oxygen atoms in total. The molecular formula is C20H24N2O. The zero-order chi connectivity index (χ0) is 16.1. The second kappa shape index (κ2) is 7.32. The van der Waals surface area contributed by atoms with E-state index in [1.807, 2.05) is 18.5 Å². The first-order valence-corrected chi connectivity index (χ1v) is 8.40. The van der Waals surface area contributed by atoms with Crippen LogP contribution in [0.5, 0.6) is 5.75 Å². The van der Waals surface area contributed by atoms with Crippen LogP contribution in [0, 0.1) is 0 Å². The van der Waals surface area contributed by atoms with Crippen molar-refractivity contribution in [3.05, 3.63) is 60.4 Å². The quantitative estimate of drug-likeness (QED) is 0.573. The highest BCUT2D eigenvalue weighted by molar-refractivity contribution is 5.74. The van der Waals surface area contributed by atoms with Gasteiger partial charge >= 0.3 is 0 Å². The van der Waals surface area contributed by atoms with Crippen LogP contribution in [0.15, 0.2) is 54.9 Å². The normalized spacial score (nSPS) is 12.4. The third kappa shape index (κ3) is 3.73. The third-order valence-corrected chi connectivity index (χ3v) is 4.40. The summed E-state index contributed by atoms with van der Waals surface area (Å²) in [5, 5.41) is 0. The lowest BCUT2D eigenvalue weighted by atomic mass is 9.99. The first kappa shape index (κ1) is 15.6. The summed E-state index contributed by atoms with van der Waals surface area (Å²) in [6, 6.07) is 16.7. The van der Waals surface area contributed by atoms with Crippen LogP contribution < -0.4 is 4.74 Å². The first-order chi connectivity index (χ1) is 11.3. The van der Waals surface area contributed by atoms with Gasteiger partial charge in [-0.3, -0.25) is 0 Å². The maximum absolute atomic E-state index is 5.85. The number of rotatable bonds is 7. The van der Waals surface area contributed by atoms with Gasteiger partial charge in [-0.05, 0) is 48.6 Å². The van der Waals surface area contributed by atoms with E-state index in [1.165, 1.54) is 17.5 Å². The summed E-state index contributed by atoms with van der Waals surface area (Å²) in [5.41, 5.74) is 3.61. The van der Waals surface area contributed by atoms with E-state index < -0.39 is 0 Å². The van der Waals surface area contributed by atoms with Crippen LogP contribution in [-0.2, 0) is 6.54 Å². The Kier molecular flexibility index (Phi) is 4.96. The number of ether oxygens (including phenoxy) is 1. The van der Waals surface area contributed by atoms with E-state index in [2.05, 4.69) is 59.8 Å². The van der Waals surface area contributed by atoms with Crippen LogP contribution >= 0.6 is 0 Å². The molecule has 120 valence electrons. The Bertz CT molecular complexity index is 746. The topological polar surface area (TPSA) is 27.1 Å². The zero-order valence-corrected chi connectivity index (χ0v) is 13.9. The van der Waals surface area contributed by atoms with Crippen LogP contribution in [0.1, 0.15) is 38.2 Å². The molecule has 2 aromatic carbocycles. The minimum absolute atomic E-state index is 0.610. The second-order valence-electron chi connectivity index (χ2n) is 6.01. The maximum atomic E-state index is 5.85. The second-order valence-corrected chi connectivity index (χ2v) is 6.01. The van der Waals surface area contributed by atoms with Gasteiger partial charge in [0.05, 0.1) is 24.0 Å². The molecule has 0 aliphatic heterocycles. The number of nitrogens with zero attached hydrogens (tertiary/aromatic N) is 2. The molecule has 0 aliphatic carbocycles. The summed E-state index contributed by atoms with van der Waals surface area (Å²) < 4.78 is 8.04.